The third kappa shape index (κ3) is 2.63. The van der Waals surface area contributed by atoms with Gasteiger partial charge in [-0.2, -0.15) is 0 Å². The molecule has 1 aromatic heterocycles. The number of likely N-dealkylation sites (tertiary alicyclic amines) is 1. The van der Waals surface area contributed by atoms with Crippen molar-refractivity contribution in [2.24, 2.45) is 5.73 Å². The van der Waals surface area contributed by atoms with Crippen LogP contribution in [0.1, 0.15) is 42.0 Å². The number of hydrogen-bond donors (Lipinski definition) is 1. The van der Waals surface area contributed by atoms with Crippen molar-refractivity contribution in [1.82, 2.24) is 4.90 Å². The first-order valence-electron chi connectivity index (χ1n) is 6.35. The number of nitrogens with two attached hydrogens (primary N) is 1. The number of amides is 1. The van der Waals surface area contributed by atoms with Crippen molar-refractivity contribution >= 4 is 33.2 Å². The molecule has 1 fully saturated rings. The van der Waals surface area contributed by atoms with E-state index in [1.165, 1.54) is 9.75 Å². The zero-order valence-electron chi connectivity index (χ0n) is 10.8. The lowest BCUT2D eigenvalue weighted by atomic mass is 10.0. The van der Waals surface area contributed by atoms with Gasteiger partial charge in [-0.15, -0.1) is 11.3 Å². The average Bonchev–Trinajstić information content (AvgIpc) is 2.56. The molecule has 2 rings (SSSR count). The summed E-state index contributed by atoms with van der Waals surface area (Å²) in [5.74, 6) is 0.234. The predicted molar refractivity (Wildman–Crippen MR) is 78.7 cm³/mol. The van der Waals surface area contributed by atoms with Crippen molar-refractivity contribution < 1.29 is 4.79 Å². The Bertz CT molecular complexity index is 427. The Morgan fingerprint density at radius 3 is 2.89 bits per heavy atom. The second-order valence-corrected chi connectivity index (χ2v) is 6.88. The maximum absolute atomic E-state index is 12.1. The number of aryl methyl sites for hydroxylation is 1. The van der Waals surface area contributed by atoms with Crippen LogP contribution in [0.3, 0.4) is 0 Å². The second kappa shape index (κ2) is 5.72. The minimum Gasteiger partial charge on any atom is -0.334 e. The number of carbonyl (C=O) groups is 1. The molecule has 0 aromatic carbocycles. The first-order valence-corrected chi connectivity index (χ1v) is 7.96. The summed E-state index contributed by atoms with van der Waals surface area (Å²) in [5.41, 5.74) is 6.30. The Hall–Kier alpha value is -0.390. The molecule has 3 nitrogen and oxygen atoms in total. The highest BCUT2D eigenvalue weighted by Gasteiger charge is 2.33. The SMILES string of the molecule is CCN1C(=O)CCCC(N)C1c1cc(Br)c(C)s1. The van der Waals surface area contributed by atoms with Gasteiger partial charge in [-0.3, -0.25) is 4.79 Å². The normalized spacial score (nSPS) is 25.3. The van der Waals surface area contributed by atoms with Gasteiger partial charge in [0.25, 0.3) is 0 Å². The third-order valence-electron chi connectivity index (χ3n) is 3.50. The van der Waals surface area contributed by atoms with Crippen LogP contribution in [0.25, 0.3) is 0 Å². The zero-order valence-corrected chi connectivity index (χ0v) is 13.2. The molecule has 1 aliphatic heterocycles. The fourth-order valence-corrected chi connectivity index (χ4v) is 4.29. The maximum atomic E-state index is 12.1. The summed E-state index contributed by atoms with van der Waals surface area (Å²) in [6, 6.07) is 2.20. The number of hydrogen-bond acceptors (Lipinski definition) is 3. The van der Waals surface area contributed by atoms with Crippen LogP contribution in [0.15, 0.2) is 10.5 Å². The Morgan fingerprint density at radius 2 is 2.33 bits per heavy atom. The molecule has 1 aromatic rings. The Kier molecular flexibility index (Phi) is 4.45. The van der Waals surface area contributed by atoms with Crippen LogP contribution in [-0.4, -0.2) is 23.4 Å². The van der Waals surface area contributed by atoms with Crippen LogP contribution in [-0.2, 0) is 4.79 Å². The molecule has 5 heteroatoms. The van der Waals surface area contributed by atoms with E-state index in [1.54, 1.807) is 11.3 Å². The number of halogens is 1. The summed E-state index contributed by atoms with van der Waals surface area (Å²) in [5, 5.41) is 0. The average molecular weight is 331 g/mol. The summed E-state index contributed by atoms with van der Waals surface area (Å²) in [6.45, 7) is 4.84. The first kappa shape index (κ1) is 14.0. The van der Waals surface area contributed by atoms with E-state index in [9.17, 15) is 4.79 Å². The first-order chi connectivity index (χ1) is 8.54. The monoisotopic (exact) mass is 330 g/mol. The molecule has 2 N–H and O–H groups in total. The van der Waals surface area contributed by atoms with E-state index in [-0.39, 0.29) is 18.0 Å². The van der Waals surface area contributed by atoms with E-state index < -0.39 is 0 Å². The van der Waals surface area contributed by atoms with Crippen molar-refractivity contribution in [3.8, 4) is 0 Å². The molecule has 0 saturated carbocycles. The summed E-state index contributed by atoms with van der Waals surface area (Å²) < 4.78 is 1.11. The minimum atomic E-state index is 0.0417. The molecule has 0 aliphatic carbocycles. The number of rotatable bonds is 2. The van der Waals surface area contributed by atoms with Crippen molar-refractivity contribution in [2.45, 2.75) is 45.2 Å². The van der Waals surface area contributed by atoms with E-state index in [0.717, 1.165) is 23.9 Å². The third-order valence-corrected chi connectivity index (χ3v) is 5.71. The summed E-state index contributed by atoms with van der Waals surface area (Å²) in [6.07, 6.45) is 2.45. The highest BCUT2D eigenvalue weighted by Crippen LogP contribution is 2.37. The lowest BCUT2D eigenvalue weighted by Gasteiger charge is -2.32. The van der Waals surface area contributed by atoms with Gasteiger partial charge in [0, 0.05) is 33.2 Å². The molecule has 18 heavy (non-hydrogen) atoms. The van der Waals surface area contributed by atoms with Gasteiger partial charge in [0.15, 0.2) is 0 Å². The lowest BCUT2D eigenvalue weighted by molar-refractivity contribution is -0.132. The topological polar surface area (TPSA) is 46.3 Å². The van der Waals surface area contributed by atoms with Crippen LogP contribution >= 0.6 is 27.3 Å². The molecule has 1 saturated heterocycles. The minimum absolute atomic E-state index is 0.0417. The largest absolute Gasteiger partial charge is 0.334 e. The molecular formula is C13H19BrN2OS. The Balaban J connectivity index is 2.38. The van der Waals surface area contributed by atoms with Gasteiger partial charge in [-0.25, -0.2) is 0 Å². The Labute approximate surface area is 120 Å². The molecule has 2 heterocycles. The van der Waals surface area contributed by atoms with Gasteiger partial charge >= 0.3 is 0 Å². The quantitative estimate of drug-likeness (QED) is 0.904. The van der Waals surface area contributed by atoms with Crippen LogP contribution in [0, 0.1) is 6.92 Å². The molecule has 100 valence electrons. The lowest BCUT2D eigenvalue weighted by Crippen LogP contribution is -2.41. The molecule has 1 aliphatic rings. The van der Waals surface area contributed by atoms with Gasteiger partial charge in [0.2, 0.25) is 5.91 Å². The highest BCUT2D eigenvalue weighted by molar-refractivity contribution is 9.10. The van der Waals surface area contributed by atoms with E-state index in [2.05, 4.69) is 28.9 Å². The van der Waals surface area contributed by atoms with Gasteiger partial charge in [-0.05, 0) is 48.7 Å². The van der Waals surface area contributed by atoms with Crippen molar-refractivity contribution in [1.29, 1.82) is 0 Å². The van der Waals surface area contributed by atoms with Crippen molar-refractivity contribution in [2.75, 3.05) is 6.54 Å². The van der Waals surface area contributed by atoms with Crippen molar-refractivity contribution in [3.05, 3.63) is 20.3 Å². The zero-order chi connectivity index (χ0) is 13.3. The van der Waals surface area contributed by atoms with E-state index in [0.29, 0.717) is 6.42 Å². The summed E-state index contributed by atoms with van der Waals surface area (Å²) in [4.78, 5) is 16.5. The summed E-state index contributed by atoms with van der Waals surface area (Å²) >= 11 is 5.28. The van der Waals surface area contributed by atoms with E-state index in [4.69, 9.17) is 5.73 Å². The summed E-state index contributed by atoms with van der Waals surface area (Å²) in [7, 11) is 0. The van der Waals surface area contributed by atoms with Gasteiger partial charge in [0.1, 0.15) is 0 Å². The highest BCUT2D eigenvalue weighted by atomic mass is 79.9. The Morgan fingerprint density at radius 1 is 1.61 bits per heavy atom. The van der Waals surface area contributed by atoms with Gasteiger partial charge < -0.3 is 10.6 Å². The molecular weight excluding hydrogens is 312 g/mol. The van der Waals surface area contributed by atoms with E-state index >= 15 is 0 Å². The molecule has 0 radical (unpaired) electrons. The molecule has 2 atom stereocenters. The van der Waals surface area contributed by atoms with Gasteiger partial charge in [-0.1, -0.05) is 0 Å². The number of carbonyl (C=O) groups excluding carboxylic acids is 1. The van der Waals surface area contributed by atoms with E-state index in [1.807, 2.05) is 11.8 Å². The molecule has 2 unspecified atom stereocenters. The standard InChI is InChI=1S/C13H19BrN2OS/c1-3-16-12(17)6-4-5-10(15)13(16)11-7-9(14)8(2)18-11/h7,10,13H,3-6,15H2,1-2H3. The second-order valence-electron chi connectivity index (χ2n) is 4.73. The van der Waals surface area contributed by atoms with Crippen LogP contribution in [0.2, 0.25) is 0 Å². The number of thiophene rings is 1. The molecule has 0 bridgehead atoms. The van der Waals surface area contributed by atoms with Crippen LogP contribution < -0.4 is 5.73 Å². The fraction of sp³-hybridized carbons (Fsp3) is 0.615. The van der Waals surface area contributed by atoms with Crippen molar-refractivity contribution in [3.63, 3.8) is 0 Å². The maximum Gasteiger partial charge on any atom is 0.223 e. The molecule has 1 amide bonds. The van der Waals surface area contributed by atoms with Crippen LogP contribution in [0.4, 0.5) is 0 Å². The van der Waals surface area contributed by atoms with Crippen LogP contribution in [0.5, 0.6) is 0 Å². The predicted octanol–water partition coefficient (Wildman–Crippen LogP) is 3.22. The molecule has 0 spiro atoms. The smallest absolute Gasteiger partial charge is 0.223 e. The van der Waals surface area contributed by atoms with Gasteiger partial charge in [0.05, 0.1) is 6.04 Å². The number of nitrogens with zero attached hydrogens (tertiary/aromatic N) is 1. The fourth-order valence-electron chi connectivity index (χ4n) is 2.54. The number of likely N-dealkylation sites (N-methyl/N-ethyl adjacent to an activating group) is 1.